The van der Waals surface area contributed by atoms with E-state index in [1.54, 1.807) is 37.5 Å². The van der Waals surface area contributed by atoms with Crippen LogP contribution in [0.25, 0.3) is 0 Å². The number of thiocarbonyl (C=S) groups is 1. The molecule has 0 rings (SSSR count). The van der Waals surface area contributed by atoms with E-state index in [4.69, 9.17) is 12.2 Å². The van der Waals surface area contributed by atoms with Crippen LogP contribution in [0.4, 0.5) is 0 Å². The van der Waals surface area contributed by atoms with Crippen molar-refractivity contribution >= 4 is 17.3 Å². The van der Waals surface area contributed by atoms with Crippen LogP contribution in [0, 0.1) is 0 Å². The van der Waals surface area contributed by atoms with Crippen molar-refractivity contribution in [2.75, 3.05) is 26.2 Å². The van der Waals surface area contributed by atoms with Crippen molar-refractivity contribution in [2.45, 2.75) is 52.1 Å². The van der Waals surface area contributed by atoms with Gasteiger partial charge in [-0.3, -0.25) is 0 Å². The Hall–Kier alpha value is -0.470. The van der Waals surface area contributed by atoms with Gasteiger partial charge in [0.15, 0.2) is 5.11 Å². The van der Waals surface area contributed by atoms with Gasteiger partial charge in [0.25, 0.3) is 0 Å². The van der Waals surface area contributed by atoms with Crippen molar-refractivity contribution in [1.29, 1.82) is 0 Å². The zero-order valence-corrected chi connectivity index (χ0v) is 13.5. The summed E-state index contributed by atoms with van der Waals surface area (Å²) in [7, 11) is 0. The molecule has 0 heterocycles. The zero-order valence-electron chi connectivity index (χ0n) is 12.7. The van der Waals surface area contributed by atoms with E-state index in [9.17, 15) is 20.4 Å². The lowest BCUT2D eigenvalue weighted by Crippen LogP contribution is -2.51. The molecule has 0 saturated heterocycles. The Kier molecular flexibility index (Phi) is 9.24. The van der Waals surface area contributed by atoms with Crippen LogP contribution in [0.3, 0.4) is 0 Å². The molecule has 7 heteroatoms. The fourth-order valence-electron chi connectivity index (χ4n) is 1.94. The second-order valence-corrected chi connectivity index (χ2v) is 5.85. The molecule has 0 aromatic heterocycles. The Morgan fingerprint density at radius 1 is 0.700 bits per heavy atom. The molecule has 0 aromatic rings. The number of aliphatic hydroxyl groups excluding tert-OH is 4. The van der Waals surface area contributed by atoms with Crippen LogP contribution in [0.2, 0.25) is 0 Å². The number of nitrogens with zero attached hydrogens (tertiary/aromatic N) is 2. The lowest BCUT2D eigenvalue weighted by Gasteiger charge is -2.36. The molecule has 0 bridgehead atoms. The van der Waals surface area contributed by atoms with Gasteiger partial charge in [-0.15, -0.1) is 0 Å². The van der Waals surface area contributed by atoms with Crippen LogP contribution in [0.1, 0.15) is 27.7 Å². The Morgan fingerprint density at radius 2 is 0.900 bits per heavy atom. The van der Waals surface area contributed by atoms with Gasteiger partial charge in [0.2, 0.25) is 0 Å². The Morgan fingerprint density at radius 3 is 1.05 bits per heavy atom. The molecule has 0 amide bonds. The normalized spacial score (nSPS) is 17.2. The fraction of sp³-hybridized carbons (Fsp3) is 0.923. The van der Waals surface area contributed by atoms with Crippen molar-refractivity contribution in [3.63, 3.8) is 0 Å². The first-order valence-electron chi connectivity index (χ1n) is 6.89. The molecular weight excluding hydrogens is 280 g/mol. The Balaban J connectivity index is 4.91. The summed E-state index contributed by atoms with van der Waals surface area (Å²) in [5.41, 5.74) is 0. The fourth-order valence-corrected chi connectivity index (χ4v) is 2.24. The van der Waals surface area contributed by atoms with Crippen molar-refractivity contribution in [3.05, 3.63) is 0 Å². The largest absolute Gasteiger partial charge is 0.392 e. The Labute approximate surface area is 126 Å². The predicted molar refractivity (Wildman–Crippen MR) is 82.5 cm³/mol. The summed E-state index contributed by atoms with van der Waals surface area (Å²) in [5.74, 6) is 0. The minimum Gasteiger partial charge on any atom is -0.392 e. The van der Waals surface area contributed by atoms with Gasteiger partial charge in [-0.2, -0.15) is 0 Å². The molecule has 0 saturated carbocycles. The van der Waals surface area contributed by atoms with Crippen LogP contribution in [0.5, 0.6) is 0 Å². The lowest BCUT2D eigenvalue weighted by atomic mass is 10.3. The molecular formula is C13H28N2O4S. The number of rotatable bonds is 8. The van der Waals surface area contributed by atoms with Gasteiger partial charge in [0.1, 0.15) is 0 Å². The number of aliphatic hydroxyl groups is 4. The summed E-state index contributed by atoms with van der Waals surface area (Å²) in [4.78, 5) is 3.38. The Bertz CT molecular complexity index is 240. The first kappa shape index (κ1) is 19.5. The summed E-state index contributed by atoms with van der Waals surface area (Å²) in [5, 5.41) is 38.5. The molecule has 0 aliphatic rings. The zero-order chi connectivity index (χ0) is 15.9. The van der Waals surface area contributed by atoms with Crippen molar-refractivity contribution in [2.24, 2.45) is 0 Å². The highest BCUT2D eigenvalue weighted by Crippen LogP contribution is 2.06. The topological polar surface area (TPSA) is 87.4 Å². The molecule has 4 atom stereocenters. The van der Waals surface area contributed by atoms with Gasteiger partial charge < -0.3 is 30.2 Å². The van der Waals surface area contributed by atoms with Gasteiger partial charge in [-0.1, -0.05) is 0 Å². The molecule has 0 fully saturated rings. The average molecular weight is 308 g/mol. The summed E-state index contributed by atoms with van der Waals surface area (Å²) in [6, 6.07) is 0. The highest BCUT2D eigenvalue weighted by molar-refractivity contribution is 7.80. The van der Waals surface area contributed by atoms with Crippen LogP contribution in [-0.2, 0) is 0 Å². The highest BCUT2D eigenvalue weighted by atomic mass is 32.1. The molecule has 0 spiro atoms. The first-order valence-corrected chi connectivity index (χ1v) is 7.30. The molecule has 120 valence electrons. The van der Waals surface area contributed by atoms with Gasteiger partial charge in [-0.25, -0.2) is 0 Å². The van der Waals surface area contributed by atoms with E-state index in [0.717, 1.165) is 0 Å². The van der Waals surface area contributed by atoms with E-state index in [0.29, 0.717) is 31.3 Å². The second kappa shape index (κ2) is 9.46. The van der Waals surface area contributed by atoms with Gasteiger partial charge in [0.05, 0.1) is 24.4 Å². The molecule has 0 aliphatic carbocycles. The quantitative estimate of drug-likeness (QED) is 0.445. The minimum absolute atomic E-state index is 0.292. The summed E-state index contributed by atoms with van der Waals surface area (Å²) in [6.45, 7) is 7.74. The van der Waals surface area contributed by atoms with E-state index in [-0.39, 0.29) is 0 Å². The van der Waals surface area contributed by atoms with Gasteiger partial charge >= 0.3 is 0 Å². The third-order valence-electron chi connectivity index (χ3n) is 2.48. The second-order valence-electron chi connectivity index (χ2n) is 5.49. The minimum atomic E-state index is -0.591. The number of hydrogen-bond acceptors (Lipinski definition) is 5. The van der Waals surface area contributed by atoms with E-state index in [1.165, 1.54) is 0 Å². The molecule has 4 N–H and O–H groups in total. The molecule has 0 aliphatic heterocycles. The average Bonchev–Trinajstić information content (AvgIpc) is 2.23. The lowest BCUT2D eigenvalue weighted by molar-refractivity contribution is 0.0933. The maximum absolute atomic E-state index is 9.53. The standard InChI is InChI=1S/C13H28N2O4S/c1-9(16)5-14(6-10(2)17)13(20)15(7-11(3)18)8-12(4)19/h9-12,16-19H,5-8H2,1-4H3. The highest BCUT2D eigenvalue weighted by Gasteiger charge is 2.21. The van der Waals surface area contributed by atoms with E-state index >= 15 is 0 Å². The van der Waals surface area contributed by atoms with Crippen LogP contribution in [-0.4, -0.2) is 85.9 Å². The smallest absolute Gasteiger partial charge is 0.171 e. The van der Waals surface area contributed by atoms with Crippen molar-refractivity contribution < 1.29 is 20.4 Å². The molecule has 20 heavy (non-hydrogen) atoms. The van der Waals surface area contributed by atoms with Crippen molar-refractivity contribution in [3.8, 4) is 0 Å². The van der Waals surface area contributed by atoms with Gasteiger partial charge in [-0.05, 0) is 39.9 Å². The van der Waals surface area contributed by atoms with Crippen LogP contribution >= 0.6 is 12.2 Å². The SMILES string of the molecule is CC(O)CN(CC(C)O)C(=S)N(CC(C)O)CC(C)O. The van der Waals surface area contributed by atoms with Gasteiger partial charge in [0, 0.05) is 26.2 Å². The molecule has 6 nitrogen and oxygen atoms in total. The molecule has 0 radical (unpaired) electrons. The van der Waals surface area contributed by atoms with Crippen molar-refractivity contribution in [1.82, 2.24) is 9.80 Å². The monoisotopic (exact) mass is 308 g/mol. The van der Waals surface area contributed by atoms with Crippen LogP contribution < -0.4 is 0 Å². The van der Waals surface area contributed by atoms with E-state index < -0.39 is 24.4 Å². The third-order valence-corrected chi connectivity index (χ3v) is 3.00. The summed E-state index contributed by atoms with van der Waals surface area (Å²) >= 11 is 5.38. The molecule has 0 aromatic carbocycles. The third kappa shape index (κ3) is 8.65. The number of hydrogen-bond donors (Lipinski definition) is 4. The summed E-state index contributed by atoms with van der Waals surface area (Å²) in [6.07, 6.45) is -2.36. The van der Waals surface area contributed by atoms with Crippen LogP contribution in [0.15, 0.2) is 0 Å². The van der Waals surface area contributed by atoms with E-state index in [1.807, 2.05) is 0 Å². The first-order chi connectivity index (χ1) is 9.13. The predicted octanol–water partition coefficient (Wildman–Crippen LogP) is -0.601. The van der Waals surface area contributed by atoms with E-state index in [2.05, 4.69) is 0 Å². The maximum atomic E-state index is 9.53. The summed E-state index contributed by atoms with van der Waals surface area (Å²) < 4.78 is 0. The maximum Gasteiger partial charge on any atom is 0.171 e. The molecule has 4 unspecified atom stereocenters.